The number of hydrogen-bond acceptors (Lipinski definition) is 24. The molecule has 0 radical (unpaired) electrons. The van der Waals surface area contributed by atoms with Crippen molar-refractivity contribution in [3.8, 4) is 0 Å². The van der Waals surface area contributed by atoms with Gasteiger partial charge in [0.1, 0.15) is 5.00 Å². The van der Waals surface area contributed by atoms with Crippen LogP contribution in [0.4, 0.5) is 49.1 Å². The summed E-state index contributed by atoms with van der Waals surface area (Å²) in [5, 5.41) is 72.6. The molecule has 0 atom stereocenters. The molecule has 8 aromatic rings. The number of non-ortho nitro benzene ring substituents is 3. The highest BCUT2D eigenvalue weighted by Gasteiger charge is 2.16. The van der Waals surface area contributed by atoms with Crippen LogP contribution in [0.15, 0.2) is 117 Å². The van der Waals surface area contributed by atoms with Crippen molar-refractivity contribution in [2.75, 3.05) is 54.9 Å². The Hall–Kier alpha value is -7.64. The Kier molecular flexibility index (Phi) is 20.0. The van der Waals surface area contributed by atoms with E-state index in [0.29, 0.717) is 56.1 Å². The molecule has 0 bridgehead atoms. The van der Waals surface area contributed by atoms with E-state index in [1.165, 1.54) is 53.7 Å². The van der Waals surface area contributed by atoms with Gasteiger partial charge in [-0.15, -0.1) is 15.3 Å². The molecule has 0 fully saturated rings. The molecule has 5 N–H and O–H groups in total. The van der Waals surface area contributed by atoms with Gasteiger partial charge in [-0.25, -0.2) is 5.26 Å². The van der Waals surface area contributed by atoms with Crippen molar-refractivity contribution < 1.29 is 43.0 Å². The average Bonchev–Trinajstić information content (AvgIpc) is 4.10. The summed E-state index contributed by atoms with van der Waals surface area (Å²) < 4.78 is 39.5. The molecule has 5 aromatic carbocycles. The summed E-state index contributed by atoms with van der Waals surface area (Å²) in [5.74, 6) is 0. The normalized spacial score (nSPS) is 11.2. The van der Waals surface area contributed by atoms with Gasteiger partial charge in [0, 0.05) is 90.1 Å². The zero-order chi connectivity index (χ0) is 52.5. The smallest absolute Gasteiger partial charge is 0.395 e. The number of nitrogens with two attached hydrogens (primary N) is 1. The van der Waals surface area contributed by atoms with Crippen molar-refractivity contribution in [3.63, 3.8) is 0 Å². The minimum Gasteiger partial charge on any atom is -0.395 e. The average molecular weight is 1060 g/mol. The summed E-state index contributed by atoms with van der Waals surface area (Å²) in [6.45, 7) is 11.5. The van der Waals surface area contributed by atoms with Crippen LogP contribution in [0, 0.1) is 44.2 Å². The predicted octanol–water partition coefficient (Wildman–Crippen LogP) is 10.4. The highest BCUT2D eigenvalue weighted by molar-refractivity contribution is 7.85. The number of aryl methyl sites for hydroxylation is 2. The topological polar surface area (TPSA) is 354 Å². The number of nitrogens with zero attached hydrogens (tertiary/aromatic N) is 12. The first-order valence-corrected chi connectivity index (χ1v) is 24.8. The molecule has 8 rings (SSSR count). The largest absolute Gasteiger partial charge is 0.425 e. The number of nitro groups is 3. The molecule has 378 valence electrons. The van der Waals surface area contributed by atoms with Crippen LogP contribution in [0.25, 0.3) is 32.7 Å². The molecule has 0 amide bonds. The highest BCUT2D eigenvalue weighted by atomic mass is 32.2. The fourth-order valence-corrected chi connectivity index (χ4v) is 8.67. The molecule has 0 unspecified atom stereocenters. The van der Waals surface area contributed by atoms with Crippen molar-refractivity contribution >= 4 is 127 Å². The number of likely N-dealkylation sites (N-methyl/N-ethyl adjacent to an activating group) is 2. The number of fused-ring (bicyclic) bond motifs is 3. The Morgan fingerprint density at radius 1 is 0.639 bits per heavy atom. The van der Waals surface area contributed by atoms with E-state index in [4.69, 9.17) is 21.2 Å². The van der Waals surface area contributed by atoms with E-state index < -0.39 is 25.1 Å². The number of hydrogen-bond donors (Lipinski definition) is 4. The van der Waals surface area contributed by atoms with Gasteiger partial charge in [-0.1, -0.05) is 16.5 Å². The van der Waals surface area contributed by atoms with E-state index in [2.05, 4.69) is 79.2 Å². The standard InChI is InChI=1S/C18H19N5O3S.C11H17NO.C7H4N4O6S2.C7H5N3O2S/c1-3-22(8-9-24)13-4-6-16(12(2)10-13)19-20-18-15-11-14(23(25)26)5-7-17(15)21-27-18;1-3-12(7-8-13)11-6-4-5-10(2)9-11;12-11(13)4-1-2-6-5(3-4)7(18-9-6)8-10-19(15,16)17-14;8-7-5-3-4(10(11)12)1-2-6(5)9-13-7/h4-7,10-11,24H,3,8-9H2,1-2H3;4-6,9,13H,3,7-8H2,1-2H3;1-3,14H;1-3H,8H2. The molecule has 72 heavy (non-hydrogen) atoms. The van der Waals surface area contributed by atoms with Crippen molar-refractivity contribution in [3.05, 3.63) is 139 Å². The van der Waals surface area contributed by atoms with Gasteiger partial charge in [0.05, 0.1) is 50.2 Å². The SMILES string of the molecule is CCN(CCO)c1ccc(N=Nc2snc3ccc([N+](=O)[O-])cc23)c(C)c1.CCN(CCO)c1cccc(C)c1.Nc1snc2ccc([N+](=O)[O-])cc12.O=[N+]([O-])c1ccc2nsc(N=NS(=O)(=O)OO)c2c1. The van der Waals surface area contributed by atoms with Gasteiger partial charge in [0.2, 0.25) is 0 Å². The summed E-state index contributed by atoms with van der Waals surface area (Å²) in [6, 6.07) is 27.0. The quantitative estimate of drug-likeness (QED) is 0.0302. The number of aliphatic hydroxyl groups is 2. The molecule has 0 saturated heterocycles. The lowest BCUT2D eigenvalue weighted by molar-refractivity contribution is -0.384. The third-order valence-electron chi connectivity index (χ3n) is 9.99. The minimum absolute atomic E-state index is 0.00299. The second kappa shape index (κ2) is 26.0. The highest BCUT2D eigenvalue weighted by Crippen LogP contribution is 2.36. The summed E-state index contributed by atoms with van der Waals surface area (Å²) in [7, 11) is -4.53. The van der Waals surface area contributed by atoms with Gasteiger partial charge in [-0.2, -0.15) is 21.5 Å². The number of anilines is 3. The number of aliphatic hydroxyl groups excluding tert-OH is 2. The van der Waals surface area contributed by atoms with Gasteiger partial charge in [-0.3, -0.25) is 30.3 Å². The summed E-state index contributed by atoms with van der Waals surface area (Å²) in [6.07, 6.45) is 0. The lowest BCUT2D eigenvalue weighted by Gasteiger charge is -2.22. The summed E-state index contributed by atoms with van der Waals surface area (Å²) in [4.78, 5) is 34.8. The number of benzene rings is 5. The first kappa shape index (κ1) is 55.3. The Morgan fingerprint density at radius 3 is 1.57 bits per heavy atom. The van der Waals surface area contributed by atoms with Crippen LogP contribution in [-0.4, -0.2) is 91.2 Å². The maximum Gasteiger partial charge on any atom is 0.425 e. The molecule has 0 aliphatic carbocycles. The van der Waals surface area contributed by atoms with Crippen molar-refractivity contribution in [2.45, 2.75) is 27.7 Å². The lowest BCUT2D eigenvalue weighted by atomic mass is 10.1. The van der Waals surface area contributed by atoms with Crippen LogP contribution in [-0.2, 0) is 14.6 Å². The van der Waals surface area contributed by atoms with E-state index in [-0.39, 0.29) is 40.7 Å². The second-order valence-corrected chi connectivity index (χ2v) is 18.2. The third-order valence-corrected chi connectivity index (χ3v) is 12.7. The van der Waals surface area contributed by atoms with Crippen molar-refractivity contribution in [2.24, 2.45) is 19.9 Å². The fourth-order valence-electron chi connectivity index (χ4n) is 6.42. The van der Waals surface area contributed by atoms with Gasteiger partial charge >= 0.3 is 10.3 Å². The lowest BCUT2D eigenvalue weighted by Crippen LogP contribution is -2.26. The van der Waals surface area contributed by atoms with E-state index in [1.807, 2.05) is 38.1 Å². The molecular formula is C43H45N13O12S4. The number of nitro benzene ring substituents is 3. The number of aromatic nitrogens is 3. The first-order chi connectivity index (χ1) is 34.4. The molecular weight excluding hydrogens is 1020 g/mol. The van der Waals surface area contributed by atoms with Crippen LogP contribution in [0.5, 0.6) is 0 Å². The van der Waals surface area contributed by atoms with Crippen LogP contribution in [0.1, 0.15) is 25.0 Å². The second-order valence-electron chi connectivity index (χ2n) is 14.7. The summed E-state index contributed by atoms with van der Waals surface area (Å²) in [5.41, 5.74) is 12.3. The zero-order valence-electron chi connectivity index (χ0n) is 38.6. The van der Waals surface area contributed by atoms with E-state index in [0.717, 1.165) is 58.9 Å². The van der Waals surface area contributed by atoms with Gasteiger partial charge in [0.15, 0.2) is 10.0 Å². The van der Waals surface area contributed by atoms with E-state index in [1.54, 1.807) is 12.1 Å². The van der Waals surface area contributed by atoms with Gasteiger partial charge in [-0.05, 0) is 126 Å². The first-order valence-electron chi connectivity index (χ1n) is 21.1. The van der Waals surface area contributed by atoms with E-state index in [9.17, 15) is 38.8 Å². The molecule has 0 aliphatic heterocycles. The Bertz CT molecular complexity index is 3350. The predicted molar refractivity (Wildman–Crippen MR) is 277 cm³/mol. The number of rotatable bonds is 16. The maximum absolute atomic E-state index is 11.0. The molecule has 3 aromatic heterocycles. The van der Waals surface area contributed by atoms with Crippen molar-refractivity contribution in [1.29, 1.82) is 0 Å². The van der Waals surface area contributed by atoms with Crippen LogP contribution >= 0.6 is 34.6 Å². The van der Waals surface area contributed by atoms with Crippen molar-refractivity contribution in [1.82, 2.24) is 13.1 Å². The number of nitrogen functional groups attached to an aromatic ring is 1. The molecule has 3 heterocycles. The minimum atomic E-state index is -4.53. The Labute approximate surface area is 421 Å². The van der Waals surface area contributed by atoms with Crippen LogP contribution in [0.2, 0.25) is 0 Å². The molecule has 29 heteroatoms. The van der Waals surface area contributed by atoms with Crippen LogP contribution < -0.4 is 15.5 Å². The Balaban J connectivity index is 0.000000187. The zero-order valence-corrected chi connectivity index (χ0v) is 41.8. The third kappa shape index (κ3) is 14.9. The molecule has 0 aliphatic rings. The van der Waals surface area contributed by atoms with E-state index >= 15 is 0 Å². The molecule has 0 saturated carbocycles. The molecule has 25 nitrogen and oxygen atoms in total. The summed E-state index contributed by atoms with van der Waals surface area (Å²) >= 11 is 3.10. The fraction of sp³-hybridized carbons (Fsp3) is 0.233. The maximum atomic E-state index is 11.0. The van der Waals surface area contributed by atoms with Gasteiger partial charge < -0.3 is 25.7 Å². The number of azo groups is 1. The van der Waals surface area contributed by atoms with Gasteiger partial charge in [0.25, 0.3) is 17.1 Å². The monoisotopic (exact) mass is 1060 g/mol. The molecule has 0 spiro atoms. The Morgan fingerprint density at radius 2 is 1.11 bits per heavy atom. The van der Waals surface area contributed by atoms with Crippen LogP contribution in [0.3, 0.4) is 0 Å².